The zero-order chi connectivity index (χ0) is 13.1. The quantitative estimate of drug-likeness (QED) is 0.641. The molecule has 17 heavy (non-hydrogen) atoms. The fourth-order valence-electron chi connectivity index (χ4n) is 1.15. The first-order chi connectivity index (χ1) is 7.79. The molecule has 0 spiro atoms. The van der Waals surface area contributed by atoms with Gasteiger partial charge in [0.15, 0.2) is 6.79 Å². The number of hydrogen-bond acceptors (Lipinski definition) is 3. The van der Waals surface area contributed by atoms with Crippen LogP contribution in [0.5, 0.6) is 5.75 Å². The maximum atomic E-state index is 10.4. The molecular formula is C10H14ClO5P. The zero-order valence-electron chi connectivity index (χ0n) is 9.46. The van der Waals surface area contributed by atoms with Crippen LogP contribution in [-0.4, -0.2) is 16.6 Å². The SMILES string of the molecule is CC(C)c1ccc(OCOP(=O)(O)O)c(Cl)c1. The fourth-order valence-corrected chi connectivity index (χ4v) is 1.59. The molecule has 1 aromatic carbocycles. The number of benzene rings is 1. The lowest BCUT2D eigenvalue weighted by molar-refractivity contribution is 0.0829. The van der Waals surface area contributed by atoms with Crippen LogP contribution in [0, 0.1) is 0 Å². The monoisotopic (exact) mass is 280 g/mol. The molecule has 0 atom stereocenters. The fraction of sp³-hybridized carbons (Fsp3) is 0.400. The third-order valence-corrected chi connectivity index (χ3v) is 2.80. The Hall–Kier alpha value is -0.580. The van der Waals surface area contributed by atoms with Gasteiger partial charge < -0.3 is 14.5 Å². The Labute approximate surface area is 105 Å². The van der Waals surface area contributed by atoms with Gasteiger partial charge in [-0.15, -0.1) is 0 Å². The normalized spacial score (nSPS) is 11.9. The predicted octanol–water partition coefficient (Wildman–Crippen LogP) is 2.91. The summed E-state index contributed by atoms with van der Waals surface area (Å²) in [6.45, 7) is 3.51. The average Bonchev–Trinajstić information content (AvgIpc) is 2.18. The van der Waals surface area contributed by atoms with Gasteiger partial charge in [0.1, 0.15) is 5.75 Å². The maximum Gasteiger partial charge on any atom is 0.472 e. The third-order valence-electron chi connectivity index (χ3n) is 2.06. The van der Waals surface area contributed by atoms with E-state index in [1.165, 1.54) is 0 Å². The first-order valence-electron chi connectivity index (χ1n) is 4.92. The second-order valence-corrected chi connectivity index (χ2v) is 5.37. The van der Waals surface area contributed by atoms with Crippen molar-refractivity contribution in [3.05, 3.63) is 28.8 Å². The van der Waals surface area contributed by atoms with Crippen molar-refractivity contribution < 1.29 is 23.6 Å². The van der Waals surface area contributed by atoms with E-state index in [9.17, 15) is 4.57 Å². The highest BCUT2D eigenvalue weighted by Gasteiger charge is 2.14. The van der Waals surface area contributed by atoms with E-state index in [1.807, 2.05) is 19.9 Å². The Bertz CT molecular complexity index is 429. The molecule has 5 nitrogen and oxygen atoms in total. The van der Waals surface area contributed by atoms with Gasteiger partial charge in [-0.05, 0) is 23.6 Å². The van der Waals surface area contributed by atoms with E-state index in [-0.39, 0.29) is 0 Å². The molecule has 0 fully saturated rings. The number of phosphoric ester groups is 1. The molecule has 0 radical (unpaired) electrons. The highest BCUT2D eigenvalue weighted by molar-refractivity contribution is 7.46. The lowest BCUT2D eigenvalue weighted by atomic mass is 10.0. The highest BCUT2D eigenvalue weighted by Crippen LogP contribution is 2.36. The van der Waals surface area contributed by atoms with Gasteiger partial charge in [0.05, 0.1) is 5.02 Å². The molecule has 0 heterocycles. The van der Waals surface area contributed by atoms with Crippen LogP contribution in [0.2, 0.25) is 5.02 Å². The summed E-state index contributed by atoms with van der Waals surface area (Å²) in [4.78, 5) is 16.9. The number of phosphoric acid groups is 1. The Kier molecular flexibility index (Phi) is 4.98. The van der Waals surface area contributed by atoms with Crippen LogP contribution in [0.4, 0.5) is 0 Å². The van der Waals surface area contributed by atoms with Gasteiger partial charge in [0.25, 0.3) is 0 Å². The molecule has 2 N–H and O–H groups in total. The number of rotatable bonds is 5. The molecule has 1 aromatic rings. The van der Waals surface area contributed by atoms with Crippen LogP contribution >= 0.6 is 19.4 Å². The van der Waals surface area contributed by atoms with Gasteiger partial charge >= 0.3 is 7.82 Å². The van der Waals surface area contributed by atoms with Gasteiger partial charge in [-0.3, -0.25) is 0 Å². The Morgan fingerprint density at radius 1 is 1.41 bits per heavy atom. The lowest BCUT2D eigenvalue weighted by Gasteiger charge is -2.11. The first-order valence-corrected chi connectivity index (χ1v) is 6.83. The van der Waals surface area contributed by atoms with Crippen LogP contribution in [0.3, 0.4) is 0 Å². The van der Waals surface area contributed by atoms with Crippen LogP contribution in [-0.2, 0) is 9.09 Å². The Balaban J connectivity index is 2.64. The molecule has 0 aliphatic carbocycles. The smallest absolute Gasteiger partial charge is 0.465 e. The van der Waals surface area contributed by atoms with Crippen molar-refractivity contribution in [2.45, 2.75) is 19.8 Å². The molecule has 1 rings (SSSR count). The van der Waals surface area contributed by atoms with Crippen LogP contribution in [0.15, 0.2) is 18.2 Å². The second kappa shape index (κ2) is 5.85. The van der Waals surface area contributed by atoms with E-state index in [2.05, 4.69) is 4.52 Å². The standard InChI is InChI=1S/C10H14ClO5P/c1-7(2)8-3-4-10(9(11)5-8)15-6-16-17(12,13)14/h3-5,7H,6H2,1-2H3,(H2,12,13,14). The molecule has 0 unspecified atom stereocenters. The third kappa shape index (κ3) is 5.06. The molecule has 0 aliphatic heterocycles. The van der Waals surface area contributed by atoms with Gasteiger partial charge in [-0.25, -0.2) is 9.09 Å². The van der Waals surface area contributed by atoms with Crippen LogP contribution < -0.4 is 4.74 Å². The van der Waals surface area contributed by atoms with Gasteiger partial charge in [-0.1, -0.05) is 31.5 Å². The average molecular weight is 281 g/mol. The molecule has 7 heteroatoms. The summed E-state index contributed by atoms with van der Waals surface area (Å²) >= 11 is 5.95. The number of ether oxygens (including phenoxy) is 1. The molecule has 0 amide bonds. The van der Waals surface area contributed by atoms with Crippen molar-refractivity contribution in [1.82, 2.24) is 0 Å². The topological polar surface area (TPSA) is 76.0 Å². The summed E-state index contributed by atoms with van der Waals surface area (Å²) < 4.78 is 19.6. The predicted molar refractivity (Wildman–Crippen MR) is 64.2 cm³/mol. The second-order valence-electron chi connectivity index (χ2n) is 3.73. The van der Waals surface area contributed by atoms with Crippen molar-refractivity contribution in [2.75, 3.05) is 6.79 Å². The minimum absolute atomic E-state index is 0.324. The molecule has 96 valence electrons. The zero-order valence-corrected chi connectivity index (χ0v) is 11.1. The van der Waals surface area contributed by atoms with E-state index < -0.39 is 14.6 Å². The molecule has 0 bridgehead atoms. The van der Waals surface area contributed by atoms with E-state index in [1.54, 1.807) is 12.1 Å². The van der Waals surface area contributed by atoms with E-state index in [0.717, 1.165) is 5.56 Å². The first kappa shape index (κ1) is 14.5. The van der Waals surface area contributed by atoms with E-state index in [4.69, 9.17) is 26.1 Å². The molecule has 0 saturated heterocycles. The summed E-state index contributed by atoms with van der Waals surface area (Å²) in [6.07, 6.45) is 0. The van der Waals surface area contributed by atoms with Gasteiger partial charge in [0, 0.05) is 0 Å². The minimum Gasteiger partial charge on any atom is -0.465 e. The molecule has 0 aromatic heterocycles. The number of hydrogen-bond donors (Lipinski definition) is 2. The van der Waals surface area contributed by atoms with E-state index >= 15 is 0 Å². The lowest BCUT2D eigenvalue weighted by Crippen LogP contribution is -2.01. The summed E-state index contributed by atoms with van der Waals surface area (Å²) in [5.41, 5.74) is 1.05. The minimum atomic E-state index is -4.51. The van der Waals surface area contributed by atoms with Crippen molar-refractivity contribution in [3.63, 3.8) is 0 Å². The summed E-state index contributed by atoms with van der Waals surface area (Å²) in [7, 11) is -4.51. The van der Waals surface area contributed by atoms with Gasteiger partial charge in [0.2, 0.25) is 0 Å². The number of halogens is 1. The van der Waals surface area contributed by atoms with Crippen molar-refractivity contribution in [1.29, 1.82) is 0 Å². The van der Waals surface area contributed by atoms with Crippen molar-refractivity contribution in [3.8, 4) is 5.75 Å². The highest BCUT2D eigenvalue weighted by atomic mass is 35.5. The van der Waals surface area contributed by atoms with Gasteiger partial charge in [-0.2, -0.15) is 0 Å². The summed E-state index contributed by atoms with van der Waals surface area (Å²) in [5, 5.41) is 0.380. The Morgan fingerprint density at radius 3 is 2.53 bits per heavy atom. The van der Waals surface area contributed by atoms with Crippen LogP contribution in [0.1, 0.15) is 25.3 Å². The summed E-state index contributed by atoms with van der Waals surface area (Å²) in [5.74, 6) is 0.664. The maximum absolute atomic E-state index is 10.4. The molecule has 0 saturated carbocycles. The largest absolute Gasteiger partial charge is 0.472 e. The van der Waals surface area contributed by atoms with Crippen molar-refractivity contribution >= 4 is 19.4 Å². The van der Waals surface area contributed by atoms with Crippen LogP contribution in [0.25, 0.3) is 0 Å². The van der Waals surface area contributed by atoms with Crippen molar-refractivity contribution in [2.24, 2.45) is 0 Å². The summed E-state index contributed by atoms with van der Waals surface area (Å²) in [6, 6.07) is 5.23. The van der Waals surface area contributed by atoms with E-state index in [0.29, 0.717) is 16.7 Å². The molecule has 0 aliphatic rings. The Morgan fingerprint density at radius 2 is 2.06 bits per heavy atom. The molecular weight excluding hydrogens is 267 g/mol.